The maximum absolute atomic E-state index is 13.2. The van der Waals surface area contributed by atoms with Crippen LogP contribution in [0.2, 0.25) is 0 Å². The Morgan fingerprint density at radius 3 is 2.50 bits per heavy atom. The minimum Gasteiger partial charge on any atom is -0.396 e. The predicted molar refractivity (Wildman–Crippen MR) is 63.8 cm³/mol. The Morgan fingerprint density at radius 2 is 2.00 bits per heavy atom. The third kappa shape index (κ3) is 3.05. The molecule has 0 fully saturated rings. The molecule has 0 bridgehead atoms. The second-order valence-electron chi connectivity index (χ2n) is 4.05. The number of hydrogen-bond donors (Lipinski definition) is 1. The second kappa shape index (κ2) is 5.64. The summed E-state index contributed by atoms with van der Waals surface area (Å²) < 4.78 is 13.2. The number of rotatable bonds is 5. The van der Waals surface area contributed by atoms with E-state index in [1.807, 2.05) is 0 Å². The fourth-order valence-electron chi connectivity index (χ4n) is 1.66. The van der Waals surface area contributed by atoms with E-state index in [0.717, 1.165) is 12.8 Å². The van der Waals surface area contributed by atoms with Crippen LogP contribution in [0, 0.1) is 11.7 Å². The van der Waals surface area contributed by atoms with Gasteiger partial charge in [0.2, 0.25) is 0 Å². The molecule has 1 aromatic rings. The Kier molecular flexibility index (Phi) is 4.47. The van der Waals surface area contributed by atoms with Crippen LogP contribution in [0.4, 0.5) is 10.1 Å². The monoisotopic (exact) mass is 223 g/mol. The smallest absolute Gasteiger partial charge is 0.163 e. The van der Waals surface area contributed by atoms with Gasteiger partial charge in [-0.25, -0.2) is 4.39 Å². The van der Waals surface area contributed by atoms with Crippen molar-refractivity contribution in [3.63, 3.8) is 0 Å². The summed E-state index contributed by atoms with van der Waals surface area (Å²) in [6, 6.07) is 4.25. The van der Waals surface area contributed by atoms with Crippen LogP contribution >= 0.6 is 0 Å². The van der Waals surface area contributed by atoms with Crippen LogP contribution < -0.4 is 5.73 Å². The molecule has 0 heterocycles. The average Bonchev–Trinajstić information content (AvgIpc) is 2.29. The molecule has 0 aliphatic rings. The van der Waals surface area contributed by atoms with E-state index in [1.54, 1.807) is 6.07 Å². The Hall–Kier alpha value is -1.38. The van der Waals surface area contributed by atoms with Crippen molar-refractivity contribution in [1.82, 2.24) is 0 Å². The standard InChI is InChI=1S/C13H18FNO/c1-3-9(4-2)7-13(16)10-5-6-12(15)11(14)8-10/h5-6,8-9H,3-4,7,15H2,1-2H3. The summed E-state index contributed by atoms with van der Waals surface area (Å²) in [5.41, 5.74) is 5.85. The van der Waals surface area contributed by atoms with Gasteiger partial charge < -0.3 is 5.73 Å². The molecule has 88 valence electrons. The summed E-state index contributed by atoms with van der Waals surface area (Å²) in [5, 5.41) is 0. The zero-order chi connectivity index (χ0) is 12.1. The number of carbonyl (C=O) groups is 1. The third-order valence-corrected chi connectivity index (χ3v) is 2.95. The fourth-order valence-corrected chi connectivity index (χ4v) is 1.66. The van der Waals surface area contributed by atoms with E-state index in [9.17, 15) is 9.18 Å². The van der Waals surface area contributed by atoms with Crippen molar-refractivity contribution < 1.29 is 9.18 Å². The molecule has 0 unspecified atom stereocenters. The van der Waals surface area contributed by atoms with Crippen molar-refractivity contribution in [2.75, 3.05) is 5.73 Å². The van der Waals surface area contributed by atoms with Crippen LogP contribution in [-0.4, -0.2) is 5.78 Å². The molecule has 3 heteroatoms. The normalized spacial score (nSPS) is 10.8. The molecule has 0 spiro atoms. The van der Waals surface area contributed by atoms with Crippen LogP contribution in [0.1, 0.15) is 43.5 Å². The summed E-state index contributed by atoms with van der Waals surface area (Å²) in [7, 11) is 0. The molecule has 0 radical (unpaired) electrons. The van der Waals surface area contributed by atoms with Gasteiger partial charge in [0.15, 0.2) is 5.78 Å². The fraction of sp³-hybridized carbons (Fsp3) is 0.462. The van der Waals surface area contributed by atoms with Crippen LogP contribution in [0.25, 0.3) is 0 Å². The summed E-state index contributed by atoms with van der Waals surface area (Å²) in [6.45, 7) is 4.12. The van der Waals surface area contributed by atoms with E-state index in [2.05, 4.69) is 13.8 Å². The zero-order valence-corrected chi connectivity index (χ0v) is 9.79. The van der Waals surface area contributed by atoms with Gasteiger partial charge in [0, 0.05) is 12.0 Å². The lowest BCUT2D eigenvalue weighted by Gasteiger charge is -2.11. The maximum atomic E-state index is 13.2. The molecule has 2 N–H and O–H groups in total. The van der Waals surface area contributed by atoms with Crippen molar-refractivity contribution >= 4 is 11.5 Å². The van der Waals surface area contributed by atoms with E-state index in [0.29, 0.717) is 17.9 Å². The highest BCUT2D eigenvalue weighted by Crippen LogP contribution is 2.18. The zero-order valence-electron chi connectivity index (χ0n) is 9.79. The molecular formula is C13H18FNO. The molecule has 0 aliphatic heterocycles. The third-order valence-electron chi connectivity index (χ3n) is 2.95. The van der Waals surface area contributed by atoms with Crippen LogP contribution in [0.5, 0.6) is 0 Å². The Labute approximate surface area is 95.7 Å². The number of ketones is 1. The predicted octanol–water partition coefficient (Wildman–Crippen LogP) is 3.42. The van der Waals surface area contributed by atoms with Gasteiger partial charge in [-0.2, -0.15) is 0 Å². The molecule has 2 nitrogen and oxygen atoms in total. The van der Waals surface area contributed by atoms with Crippen molar-refractivity contribution in [3.8, 4) is 0 Å². The topological polar surface area (TPSA) is 43.1 Å². The van der Waals surface area contributed by atoms with Gasteiger partial charge in [-0.1, -0.05) is 26.7 Å². The minimum absolute atomic E-state index is 0.00685. The largest absolute Gasteiger partial charge is 0.396 e. The molecule has 1 rings (SSSR count). The van der Waals surface area contributed by atoms with E-state index in [1.165, 1.54) is 12.1 Å². The van der Waals surface area contributed by atoms with Crippen molar-refractivity contribution in [1.29, 1.82) is 0 Å². The molecule has 16 heavy (non-hydrogen) atoms. The number of hydrogen-bond acceptors (Lipinski definition) is 2. The van der Waals surface area contributed by atoms with Gasteiger partial charge in [-0.15, -0.1) is 0 Å². The van der Waals surface area contributed by atoms with Crippen molar-refractivity contribution in [2.24, 2.45) is 5.92 Å². The quantitative estimate of drug-likeness (QED) is 0.614. The van der Waals surface area contributed by atoms with Crippen molar-refractivity contribution in [2.45, 2.75) is 33.1 Å². The summed E-state index contributed by atoms with van der Waals surface area (Å²) in [4.78, 5) is 11.8. The Balaban J connectivity index is 2.76. The Bertz CT molecular complexity index is 372. The first-order valence-electron chi connectivity index (χ1n) is 5.66. The SMILES string of the molecule is CCC(CC)CC(=O)c1ccc(N)c(F)c1. The van der Waals surface area contributed by atoms with E-state index in [4.69, 9.17) is 5.73 Å². The van der Waals surface area contributed by atoms with Crippen LogP contribution in [-0.2, 0) is 0 Å². The highest BCUT2D eigenvalue weighted by atomic mass is 19.1. The lowest BCUT2D eigenvalue weighted by atomic mass is 9.94. The van der Waals surface area contributed by atoms with Gasteiger partial charge in [-0.3, -0.25) is 4.79 Å². The van der Waals surface area contributed by atoms with E-state index >= 15 is 0 Å². The number of halogens is 1. The molecule has 1 aromatic carbocycles. The van der Waals surface area contributed by atoms with Gasteiger partial charge >= 0.3 is 0 Å². The highest BCUT2D eigenvalue weighted by molar-refractivity contribution is 5.96. The molecule has 0 aliphatic carbocycles. The molecule has 0 aromatic heterocycles. The van der Waals surface area contributed by atoms with E-state index < -0.39 is 5.82 Å². The van der Waals surface area contributed by atoms with Crippen molar-refractivity contribution in [3.05, 3.63) is 29.6 Å². The molecule has 0 atom stereocenters. The lowest BCUT2D eigenvalue weighted by Crippen LogP contribution is -2.08. The number of carbonyl (C=O) groups excluding carboxylic acids is 1. The van der Waals surface area contributed by atoms with Gasteiger partial charge in [0.1, 0.15) is 5.82 Å². The second-order valence-corrected chi connectivity index (χ2v) is 4.05. The number of benzene rings is 1. The number of Topliss-reactive ketones (excluding diaryl/α,β-unsaturated/α-hetero) is 1. The van der Waals surface area contributed by atoms with Gasteiger partial charge in [-0.05, 0) is 24.1 Å². The van der Waals surface area contributed by atoms with Gasteiger partial charge in [0.25, 0.3) is 0 Å². The Morgan fingerprint density at radius 1 is 1.38 bits per heavy atom. The first kappa shape index (κ1) is 12.7. The molecule has 0 saturated carbocycles. The number of anilines is 1. The lowest BCUT2D eigenvalue weighted by molar-refractivity contribution is 0.0958. The molecular weight excluding hydrogens is 205 g/mol. The minimum atomic E-state index is -0.518. The summed E-state index contributed by atoms with van der Waals surface area (Å²) in [5.74, 6) is -0.142. The maximum Gasteiger partial charge on any atom is 0.163 e. The molecule has 0 saturated heterocycles. The first-order chi connectivity index (χ1) is 7.58. The average molecular weight is 223 g/mol. The highest BCUT2D eigenvalue weighted by Gasteiger charge is 2.13. The number of nitrogens with two attached hydrogens (primary N) is 1. The van der Waals surface area contributed by atoms with Crippen LogP contribution in [0.15, 0.2) is 18.2 Å². The summed E-state index contributed by atoms with van der Waals surface area (Å²) >= 11 is 0. The summed E-state index contributed by atoms with van der Waals surface area (Å²) in [6.07, 6.45) is 2.43. The number of nitrogen functional groups attached to an aromatic ring is 1. The van der Waals surface area contributed by atoms with Gasteiger partial charge in [0.05, 0.1) is 5.69 Å². The van der Waals surface area contributed by atoms with E-state index in [-0.39, 0.29) is 11.5 Å². The first-order valence-corrected chi connectivity index (χ1v) is 5.66. The van der Waals surface area contributed by atoms with Crippen LogP contribution in [0.3, 0.4) is 0 Å². The molecule has 0 amide bonds.